The maximum absolute atomic E-state index is 10.3. The van der Waals surface area contributed by atoms with E-state index < -0.39 is 5.60 Å². The molecule has 0 unspecified atom stereocenters. The SMILES string of the molecule is CC(C)(O)c1ccc2ncc(-c3cccc(N[C@H]4CCCC45CC5)n3)n2c1. The van der Waals surface area contributed by atoms with Crippen LogP contribution in [-0.4, -0.2) is 25.5 Å². The van der Waals surface area contributed by atoms with Gasteiger partial charge in [-0.05, 0) is 68.7 Å². The molecule has 0 aliphatic heterocycles. The molecule has 5 heteroatoms. The summed E-state index contributed by atoms with van der Waals surface area (Å²) in [5.74, 6) is 0.944. The molecule has 2 fully saturated rings. The van der Waals surface area contributed by atoms with Crippen LogP contribution in [-0.2, 0) is 5.60 Å². The molecule has 2 aliphatic rings. The van der Waals surface area contributed by atoms with Gasteiger partial charge in [0.15, 0.2) is 0 Å². The summed E-state index contributed by atoms with van der Waals surface area (Å²) >= 11 is 0. The van der Waals surface area contributed by atoms with Crippen molar-refractivity contribution in [3.8, 4) is 11.4 Å². The summed E-state index contributed by atoms with van der Waals surface area (Å²) in [4.78, 5) is 9.38. The number of hydrogen-bond donors (Lipinski definition) is 2. The molecule has 3 heterocycles. The summed E-state index contributed by atoms with van der Waals surface area (Å²) in [5.41, 5.74) is 3.18. The first kappa shape index (κ1) is 16.8. The maximum atomic E-state index is 10.3. The Bertz CT molecular complexity index is 997. The molecule has 0 aromatic carbocycles. The highest BCUT2D eigenvalue weighted by molar-refractivity contribution is 5.62. The Balaban J connectivity index is 1.49. The number of nitrogens with one attached hydrogen (secondary N) is 1. The lowest BCUT2D eigenvalue weighted by Gasteiger charge is -2.21. The van der Waals surface area contributed by atoms with Gasteiger partial charge in [0.2, 0.25) is 0 Å². The van der Waals surface area contributed by atoms with Gasteiger partial charge in [-0.1, -0.05) is 18.6 Å². The van der Waals surface area contributed by atoms with Crippen LogP contribution >= 0.6 is 0 Å². The average molecular weight is 362 g/mol. The fourth-order valence-electron chi connectivity index (χ4n) is 4.49. The largest absolute Gasteiger partial charge is 0.386 e. The van der Waals surface area contributed by atoms with E-state index in [0.29, 0.717) is 11.5 Å². The highest BCUT2D eigenvalue weighted by Crippen LogP contribution is 2.58. The Kier molecular flexibility index (Phi) is 3.60. The first-order valence-electron chi connectivity index (χ1n) is 9.89. The molecular formula is C22H26N4O. The summed E-state index contributed by atoms with van der Waals surface area (Å²) < 4.78 is 2.01. The van der Waals surface area contributed by atoms with E-state index in [1.807, 2.05) is 35.0 Å². The van der Waals surface area contributed by atoms with Gasteiger partial charge in [0.25, 0.3) is 0 Å². The van der Waals surface area contributed by atoms with Crippen LogP contribution in [0.1, 0.15) is 51.5 Å². The number of hydrogen-bond acceptors (Lipinski definition) is 4. The Morgan fingerprint density at radius 1 is 1.19 bits per heavy atom. The zero-order chi connectivity index (χ0) is 18.6. The highest BCUT2D eigenvalue weighted by Gasteiger charge is 2.51. The number of aromatic nitrogens is 3. The van der Waals surface area contributed by atoms with Gasteiger partial charge in [-0.25, -0.2) is 9.97 Å². The van der Waals surface area contributed by atoms with Crippen molar-refractivity contribution in [1.82, 2.24) is 14.4 Å². The van der Waals surface area contributed by atoms with E-state index in [1.165, 1.54) is 32.1 Å². The average Bonchev–Trinajstić information content (AvgIpc) is 3.13. The van der Waals surface area contributed by atoms with Crippen molar-refractivity contribution in [2.45, 2.75) is 57.6 Å². The predicted octanol–water partition coefficient (Wildman–Crippen LogP) is 4.37. The van der Waals surface area contributed by atoms with Crippen molar-refractivity contribution >= 4 is 11.5 Å². The van der Waals surface area contributed by atoms with E-state index in [-0.39, 0.29) is 0 Å². The van der Waals surface area contributed by atoms with Gasteiger partial charge in [-0.3, -0.25) is 4.40 Å². The molecule has 1 spiro atoms. The second-order valence-corrected chi connectivity index (χ2v) is 8.71. The third-order valence-corrected chi connectivity index (χ3v) is 6.34. The second kappa shape index (κ2) is 5.80. The quantitative estimate of drug-likeness (QED) is 0.723. The van der Waals surface area contributed by atoms with Gasteiger partial charge in [-0.15, -0.1) is 0 Å². The van der Waals surface area contributed by atoms with E-state index in [0.717, 1.165) is 28.4 Å². The van der Waals surface area contributed by atoms with Crippen LogP contribution in [0.2, 0.25) is 0 Å². The predicted molar refractivity (Wildman–Crippen MR) is 107 cm³/mol. The molecule has 0 radical (unpaired) electrons. The minimum absolute atomic E-state index is 0.544. The molecule has 0 saturated heterocycles. The summed E-state index contributed by atoms with van der Waals surface area (Å²) in [6, 6.07) is 10.6. The van der Waals surface area contributed by atoms with Gasteiger partial charge in [0.05, 0.1) is 23.2 Å². The smallest absolute Gasteiger partial charge is 0.137 e. The Morgan fingerprint density at radius 3 is 2.81 bits per heavy atom. The van der Waals surface area contributed by atoms with Gasteiger partial charge in [-0.2, -0.15) is 0 Å². The zero-order valence-corrected chi connectivity index (χ0v) is 15.9. The number of imidazole rings is 1. The molecule has 2 N–H and O–H groups in total. The van der Waals surface area contributed by atoms with Crippen molar-refractivity contribution in [2.75, 3.05) is 5.32 Å². The molecule has 3 aromatic heterocycles. The summed E-state index contributed by atoms with van der Waals surface area (Å²) in [5, 5.41) is 14.0. The van der Waals surface area contributed by atoms with Crippen LogP contribution in [0.3, 0.4) is 0 Å². The Morgan fingerprint density at radius 2 is 2.04 bits per heavy atom. The fraction of sp³-hybridized carbons (Fsp3) is 0.455. The molecule has 0 bridgehead atoms. The number of rotatable bonds is 4. The molecule has 5 rings (SSSR count). The maximum Gasteiger partial charge on any atom is 0.137 e. The minimum Gasteiger partial charge on any atom is -0.386 e. The van der Waals surface area contributed by atoms with E-state index in [4.69, 9.17) is 4.98 Å². The first-order chi connectivity index (χ1) is 12.9. The van der Waals surface area contributed by atoms with Gasteiger partial charge >= 0.3 is 0 Å². The number of nitrogens with zero attached hydrogens (tertiary/aromatic N) is 3. The molecule has 27 heavy (non-hydrogen) atoms. The topological polar surface area (TPSA) is 62.5 Å². The van der Waals surface area contributed by atoms with Crippen molar-refractivity contribution in [2.24, 2.45) is 5.41 Å². The lowest BCUT2D eigenvalue weighted by atomic mass is 10.0. The highest BCUT2D eigenvalue weighted by atomic mass is 16.3. The summed E-state index contributed by atoms with van der Waals surface area (Å²) in [7, 11) is 0. The molecule has 1 atom stereocenters. The molecule has 2 aliphatic carbocycles. The Hall–Kier alpha value is -2.40. The third-order valence-electron chi connectivity index (χ3n) is 6.34. The fourth-order valence-corrected chi connectivity index (χ4v) is 4.49. The van der Waals surface area contributed by atoms with Crippen molar-refractivity contribution < 1.29 is 5.11 Å². The third kappa shape index (κ3) is 2.90. The van der Waals surface area contributed by atoms with Crippen molar-refractivity contribution in [1.29, 1.82) is 0 Å². The number of aliphatic hydroxyl groups is 1. The molecular weight excluding hydrogens is 336 g/mol. The second-order valence-electron chi connectivity index (χ2n) is 8.71. The van der Waals surface area contributed by atoms with Crippen LogP contribution in [0.4, 0.5) is 5.82 Å². The van der Waals surface area contributed by atoms with Gasteiger partial charge in [0, 0.05) is 12.2 Å². The van der Waals surface area contributed by atoms with E-state index in [9.17, 15) is 5.11 Å². The van der Waals surface area contributed by atoms with E-state index in [1.54, 1.807) is 13.8 Å². The monoisotopic (exact) mass is 362 g/mol. The van der Waals surface area contributed by atoms with Crippen molar-refractivity contribution in [3.05, 3.63) is 48.3 Å². The van der Waals surface area contributed by atoms with Crippen LogP contribution < -0.4 is 5.32 Å². The van der Waals surface area contributed by atoms with Gasteiger partial charge < -0.3 is 10.4 Å². The molecule has 5 nitrogen and oxygen atoms in total. The molecule has 140 valence electrons. The van der Waals surface area contributed by atoms with Gasteiger partial charge in [0.1, 0.15) is 11.5 Å². The standard InChI is InChI=1S/C22H26N4O/c1-21(2,27)15-8-9-20-23-13-17(26(20)14-15)16-5-3-7-19(24-16)25-18-6-4-10-22(18)11-12-22/h3,5,7-9,13-14,18,27H,4,6,10-12H2,1-2H3,(H,24,25)/t18-/m0/s1. The summed E-state index contributed by atoms with van der Waals surface area (Å²) in [6.45, 7) is 3.59. The van der Waals surface area contributed by atoms with Crippen LogP contribution in [0.25, 0.3) is 17.0 Å². The van der Waals surface area contributed by atoms with Crippen LogP contribution in [0.5, 0.6) is 0 Å². The summed E-state index contributed by atoms with van der Waals surface area (Å²) in [6.07, 6.45) is 10.5. The number of fused-ring (bicyclic) bond motifs is 1. The van der Waals surface area contributed by atoms with E-state index in [2.05, 4.69) is 22.4 Å². The Labute approximate surface area is 159 Å². The lowest BCUT2D eigenvalue weighted by Crippen LogP contribution is -2.25. The number of pyridine rings is 2. The molecule has 0 amide bonds. The lowest BCUT2D eigenvalue weighted by molar-refractivity contribution is 0.0782. The van der Waals surface area contributed by atoms with Crippen molar-refractivity contribution in [3.63, 3.8) is 0 Å². The zero-order valence-electron chi connectivity index (χ0n) is 15.9. The molecule has 3 aromatic rings. The number of anilines is 1. The van der Waals surface area contributed by atoms with Crippen LogP contribution in [0.15, 0.2) is 42.7 Å². The minimum atomic E-state index is -0.895. The van der Waals surface area contributed by atoms with Crippen LogP contribution in [0, 0.1) is 5.41 Å². The van der Waals surface area contributed by atoms with E-state index >= 15 is 0 Å². The molecule has 2 saturated carbocycles. The first-order valence-corrected chi connectivity index (χ1v) is 9.89. The normalized spacial score (nSPS) is 21.1.